The molecular formula is C16H20F2N2O2. The maximum atomic E-state index is 13.1. The minimum Gasteiger partial charge on any atom is -0.488 e. The molecule has 0 unspecified atom stereocenters. The first-order valence-corrected chi connectivity index (χ1v) is 7.28. The standard InChI is InChI=1S/C16H20F2N2O2/c1-2-16(4-5-16)10-22-14(3-6-19)15(21)20-13-8-11(17)7-12(18)9-13/h3,7-9H,2,4-6,10,19H2,1H3,(H,20,21)/b14-3+. The first kappa shape index (κ1) is 16.4. The van der Waals surface area contributed by atoms with E-state index in [0.717, 1.165) is 37.5 Å². The number of benzene rings is 1. The zero-order valence-corrected chi connectivity index (χ0v) is 12.5. The van der Waals surface area contributed by atoms with Crippen molar-refractivity contribution in [3.8, 4) is 0 Å². The summed E-state index contributed by atoms with van der Waals surface area (Å²) in [5, 5.41) is 2.42. The maximum absolute atomic E-state index is 13.1. The molecule has 3 N–H and O–H groups in total. The van der Waals surface area contributed by atoms with Crippen LogP contribution >= 0.6 is 0 Å². The fourth-order valence-corrected chi connectivity index (χ4v) is 2.15. The number of anilines is 1. The summed E-state index contributed by atoms with van der Waals surface area (Å²) in [4.78, 5) is 12.1. The molecule has 120 valence electrons. The molecule has 1 aliphatic carbocycles. The lowest BCUT2D eigenvalue weighted by atomic mass is 10.1. The topological polar surface area (TPSA) is 64.3 Å². The van der Waals surface area contributed by atoms with Gasteiger partial charge in [-0.25, -0.2) is 8.78 Å². The Hall–Kier alpha value is -1.95. The van der Waals surface area contributed by atoms with Gasteiger partial charge in [-0.3, -0.25) is 4.79 Å². The Morgan fingerprint density at radius 2 is 2.00 bits per heavy atom. The molecule has 0 heterocycles. The third-order valence-electron chi connectivity index (χ3n) is 3.89. The summed E-state index contributed by atoms with van der Waals surface area (Å²) in [6.07, 6.45) is 4.60. The van der Waals surface area contributed by atoms with Crippen LogP contribution in [0, 0.1) is 17.0 Å². The van der Waals surface area contributed by atoms with Crippen LogP contribution in [0.2, 0.25) is 0 Å². The van der Waals surface area contributed by atoms with Gasteiger partial charge in [-0.1, -0.05) is 6.92 Å². The smallest absolute Gasteiger partial charge is 0.290 e. The number of rotatable bonds is 7. The maximum Gasteiger partial charge on any atom is 0.290 e. The van der Waals surface area contributed by atoms with Crippen molar-refractivity contribution in [2.24, 2.45) is 11.1 Å². The Balaban J connectivity index is 2.01. The van der Waals surface area contributed by atoms with Crippen LogP contribution in [0.1, 0.15) is 26.2 Å². The van der Waals surface area contributed by atoms with Crippen LogP contribution in [-0.2, 0) is 9.53 Å². The van der Waals surface area contributed by atoms with Crippen molar-refractivity contribution in [3.05, 3.63) is 41.7 Å². The molecule has 1 aromatic carbocycles. The number of nitrogens with one attached hydrogen (secondary N) is 1. The number of hydrogen-bond donors (Lipinski definition) is 2. The largest absolute Gasteiger partial charge is 0.488 e. The molecule has 0 aromatic heterocycles. The summed E-state index contributed by atoms with van der Waals surface area (Å²) in [7, 11) is 0. The third-order valence-corrected chi connectivity index (χ3v) is 3.89. The van der Waals surface area contributed by atoms with Crippen molar-refractivity contribution < 1.29 is 18.3 Å². The van der Waals surface area contributed by atoms with E-state index in [1.807, 2.05) is 0 Å². The second-order valence-electron chi connectivity index (χ2n) is 5.56. The van der Waals surface area contributed by atoms with E-state index in [2.05, 4.69) is 12.2 Å². The lowest BCUT2D eigenvalue weighted by Crippen LogP contribution is -2.20. The SMILES string of the molecule is CCC1(CO/C(=C/CN)C(=O)Nc2cc(F)cc(F)c2)CC1. The average Bonchev–Trinajstić information content (AvgIpc) is 3.22. The Labute approximate surface area is 128 Å². The molecular weight excluding hydrogens is 290 g/mol. The fraction of sp³-hybridized carbons (Fsp3) is 0.438. The summed E-state index contributed by atoms with van der Waals surface area (Å²) in [5.41, 5.74) is 5.62. The number of carbonyl (C=O) groups excluding carboxylic acids is 1. The monoisotopic (exact) mass is 310 g/mol. The van der Waals surface area contributed by atoms with Gasteiger partial charge in [-0.15, -0.1) is 0 Å². The fourth-order valence-electron chi connectivity index (χ4n) is 2.15. The van der Waals surface area contributed by atoms with Gasteiger partial charge in [0.15, 0.2) is 5.76 Å². The molecule has 0 atom stereocenters. The molecule has 1 saturated carbocycles. The average molecular weight is 310 g/mol. The molecule has 1 amide bonds. The van der Waals surface area contributed by atoms with E-state index in [0.29, 0.717) is 6.61 Å². The molecule has 2 rings (SSSR count). The first-order chi connectivity index (χ1) is 10.5. The van der Waals surface area contributed by atoms with Crippen LogP contribution in [0.3, 0.4) is 0 Å². The molecule has 0 bridgehead atoms. The van der Waals surface area contributed by atoms with E-state index in [-0.39, 0.29) is 23.4 Å². The summed E-state index contributed by atoms with van der Waals surface area (Å²) >= 11 is 0. The van der Waals surface area contributed by atoms with Crippen LogP contribution < -0.4 is 11.1 Å². The lowest BCUT2D eigenvalue weighted by Gasteiger charge is -2.16. The quantitative estimate of drug-likeness (QED) is 0.601. The van der Waals surface area contributed by atoms with Gasteiger partial charge in [0.05, 0.1) is 6.61 Å². The zero-order valence-electron chi connectivity index (χ0n) is 12.5. The lowest BCUT2D eigenvalue weighted by molar-refractivity contribution is -0.116. The van der Waals surface area contributed by atoms with Gasteiger partial charge >= 0.3 is 0 Å². The predicted molar refractivity (Wildman–Crippen MR) is 80.0 cm³/mol. The molecule has 0 saturated heterocycles. The Bertz CT molecular complexity index is 563. The first-order valence-electron chi connectivity index (χ1n) is 7.28. The molecule has 6 heteroatoms. The minimum atomic E-state index is -0.761. The van der Waals surface area contributed by atoms with Crippen molar-refractivity contribution in [3.63, 3.8) is 0 Å². The van der Waals surface area contributed by atoms with Gasteiger partial charge in [0.25, 0.3) is 5.91 Å². The number of hydrogen-bond acceptors (Lipinski definition) is 3. The van der Waals surface area contributed by atoms with Gasteiger partial charge in [-0.2, -0.15) is 0 Å². The molecule has 0 aliphatic heterocycles. The molecule has 0 radical (unpaired) electrons. The predicted octanol–water partition coefficient (Wildman–Crippen LogP) is 2.95. The molecule has 1 aliphatic rings. The van der Waals surface area contributed by atoms with E-state index in [1.165, 1.54) is 6.08 Å². The Kier molecular flexibility index (Phi) is 5.13. The van der Waals surface area contributed by atoms with E-state index in [1.54, 1.807) is 0 Å². The van der Waals surface area contributed by atoms with Gasteiger partial charge < -0.3 is 15.8 Å². The summed E-state index contributed by atoms with van der Waals surface area (Å²) in [5.74, 6) is -2.01. The minimum absolute atomic E-state index is 0.0330. The second kappa shape index (κ2) is 6.87. The van der Waals surface area contributed by atoms with Crippen LogP contribution in [0.4, 0.5) is 14.5 Å². The van der Waals surface area contributed by atoms with E-state index < -0.39 is 17.5 Å². The van der Waals surface area contributed by atoms with Gasteiger partial charge in [-0.05, 0) is 37.5 Å². The van der Waals surface area contributed by atoms with Crippen molar-refractivity contribution >= 4 is 11.6 Å². The van der Waals surface area contributed by atoms with E-state index >= 15 is 0 Å². The number of halogens is 2. The Morgan fingerprint density at radius 1 is 1.36 bits per heavy atom. The van der Waals surface area contributed by atoms with Gasteiger partial charge in [0, 0.05) is 23.7 Å². The van der Waals surface area contributed by atoms with Gasteiger partial charge in [0.1, 0.15) is 11.6 Å². The van der Waals surface area contributed by atoms with E-state index in [9.17, 15) is 13.6 Å². The highest BCUT2D eigenvalue weighted by Crippen LogP contribution is 2.49. The summed E-state index contributed by atoms with van der Waals surface area (Å²) in [6, 6.07) is 2.81. The van der Waals surface area contributed by atoms with Crippen LogP contribution in [0.5, 0.6) is 0 Å². The summed E-state index contributed by atoms with van der Waals surface area (Å²) in [6.45, 7) is 2.66. The number of carbonyl (C=O) groups is 1. The number of nitrogens with two attached hydrogens (primary N) is 1. The van der Waals surface area contributed by atoms with Gasteiger partial charge in [0.2, 0.25) is 0 Å². The van der Waals surface area contributed by atoms with Crippen LogP contribution in [-0.4, -0.2) is 19.1 Å². The molecule has 4 nitrogen and oxygen atoms in total. The molecule has 1 fully saturated rings. The van der Waals surface area contributed by atoms with Crippen LogP contribution in [0.25, 0.3) is 0 Å². The zero-order chi connectivity index (χ0) is 16.2. The van der Waals surface area contributed by atoms with Crippen molar-refractivity contribution in [2.75, 3.05) is 18.5 Å². The van der Waals surface area contributed by atoms with Crippen molar-refractivity contribution in [2.45, 2.75) is 26.2 Å². The van der Waals surface area contributed by atoms with Crippen LogP contribution in [0.15, 0.2) is 30.0 Å². The highest BCUT2D eigenvalue weighted by Gasteiger charge is 2.41. The van der Waals surface area contributed by atoms with Crippen molar-refractivity contribution in [1.82, 2.24) is 0 Å². The molecule has 22 heavy (non-hydrogen) atoms. The molecule has 0 spiro atoms. The van der Waals surface area contributed by atoms with E-state index in [4.69, 9.17) is 10.5 Å². The number of amides is 1. The second-order valence-corrected chi connectivity index (χ2v) is 5.56. The number of ether oxygens (including phenoxy) is 1. The van der Waals surface area contributed by atoms with Crippen molar-refractivity contribution in [1.29, 1.82) is 0 Å². The Morgan fingerprint density at radius 3 is 2.50 bits per heavy atom. The normalized spacial score (nSPS) is 16.3. The highest BCUT2D eigenvalue weighted by molar-refractivity contribution is 6.02. The highest BCUT2D eigenvalue weighted by atomic mass is 19.1. The third kappa shape index (κ3) is 4.27. The molecule has 1 aromatic rings. The summed E-state index contributed by atoms with van der Waals surface area (Å²) < 4.78 is 31.8.